The second-order valence-corrected chi connectivity index (χ2v) is 4.21. The topological polar surface area (TPSA) is 32.3 Å². The molecule has 86 valence electrons. The number of carbonyl (C=O) groups is 1. The second-order valence-electron chi connectivity index (χ2n) is 3.78. The van der Waals surface area contributed by atoms with E-state index >= 15 is 0 Å². The van der Waals surface area contributed by atoms with Crippen molar-refractivity contribution < 1.29 is 4.79 Å². The molecule has 0 bridgehead atoms. The van der Waals surface area contributed by atoms with Gasteiger partial charge in [0, 0.05) is 22.8 Å². The number of amides is 1. The molecule has 0 spiro atoms. The lowest BCUT2D eigenvalue weighted by Gasteiger charge is -2.15. The summed E-state index contributed by atoms with van der Waals surface area (Å²) in [5, 5.41) is 3.87. The van der Waals surface area contributed by atoms with Crippen LogP contribution in [0.15, 0.2) is 18.2 Å². The molecule has 1 aromatic rings. The number of anilines is 1. The SMILES string of the molecule is CCNC1C(=O)N(CC)c2ccc(Cl)cc21. The lowest BCUT2D eigenvalue weighted by molar-refractivity contribution is -0.119. The van der Waals surface area contributed by atoms with Crippen molar-refractivity contribution in [2.45, 2.75) is 19.9 Å². The highest BCUT2D eigenvalue weighted by molar-refractivity contribution is 6.31. The fraction of sp³-hybridized carbons (Fsp3) is 0.417. The zero-order chi connectivity index (χ0) is 11.7. The summed E-state index contributed by atoms with van der Waals surface area (Å²) in [6.45, 7) is 5.42. The third kappa shape index (κ3) is 1.70. The molecule has 16 heavy (non-hydrogen) atoms. The molecule has 1 atom stereocenters. The highest BCUT2D eigenvalue weighted by atomic mass is 35.5. The van der Waals surface area contributed by atoms with Crippen LogP contribution in [-0.2, 0) is 4.79 Å². The number of nitrogens with one attached hydrogen (secondary N) is 1. The molecule has 0 aromatic heterocycles. The molecule has 1 unspecified atom stereocenters. The molecule has 3 nitrogen and oxygen atoms in total. The summed E-state index contributed by atoms with van der Waals surface area (Å²) >= 11 is 5.97. The standard InChI is InChI=1S/C12H15ClN2O/c1-3-14-11-9-7-8(13)5-6-10(9)15(4-2)12(11)16/h5-7,11,14H,3-4H2,1-2H3. The van der Waals surface area contributed by atoms with Crippen molar-refractivity contribution in [3.63, 3.8) is 0 Å². The Bertz CT molecular complexity index is 419. The minimum absolute atomic E-state index is 0.113. The van der Waals surface area contributed by atoms with Gasteiger partial charge < -0.3 is 10.2 Å². The van der Waals surface area contributed by atoms with Gasteiger partial charge in [0.05, 0.1) is 0 Å². The summed E-state index contributed by atoms with van der Waals surface area (Å²) in [5.41, 5.74) is 1.96. The van der Waals surface area contributed by atoms with Crippen molar-refractivity contribution in [3.8, 4) is 0 Å². The Morgan fingerprint density at radius 1 is 1.44 bits per heavy atom. The molecule has 0 fully saturated rings. The van der Waals surface area contributed by atoms with Crippen molar-refractivity contribution in [2.24, 2.45) is 0 Å². The fourth-order valence-electron chi connectivity index (χ4n) is 2.14. The van der Waals surface area contributed by atoms with E-state index in [4.69, 9.17) is 11.6 Å². The van der Waals surface area contributed by atoms with Gasteiger partial charge in [-0.15, -0.1) is 0 Å². The van der Waals surface area contributed by atoms with Crippen molar-refractivity contribution in [2.75, 3.05) is 18.0 Å². The normalized spacial score (nSPS) is 19.1. The molecule has 1 N–H and O–H groups in total. The zero-order valence-corrected chi connectivity index (χ0v) is 10.2. The molecule has 0 aliphatic carbocycles. The molecule has 0 radical (unpaired) electrons. The van der Waals surface area contributed by atoms with Gasteiger partial charge in [-0.3, -0.25) is 4.79 Å². The Balaban J connectivity index is 2.46. The van der Waals surface area contributed by atoms with E-state index in [0.29, 0.717) is 11.6 Å². The smallest absolute Gasteiger partial charge is 0.248 e. The average molecular weight is 239 g/mol. The number of nitrogens with zero attached hydrogens (tertiary/aromatic N) is 1. The van der Waals surface area contributed by atoms with Gasteiger partial charge >= 0.3 is 0 Å². The summed E-state index contributed by atoms with van der Waals surface area (Å²) < 4.78 is 0. The molecular formula is C12H15ClN2O. The van der Waals surface area contributed by atoms with Crippen molar-refractivity contribution >= 4 is 23.2 Å². The van der Waals surface area contributed by atoms with Crippen LogP contribution in [0.1, 0.15) is 25.5 Å². The first-order valence-corrected chi connectivity index (χ1v) is 5.91. The summed E-state index contributed by atoms with van der Waals surface area (Å²) in [6.07, 6.45) is 0. The third-order valence-electron chi connectivity index (χ3n) is 2.83. The molecule has 0 saturated carbocycles. The molecule has 1 aromatic carbocycles. The van der Waals surface area contributed by atoms with Crippen molar-refractivity contribution in [3.05, 3.63) is 28.8 Å². The minimum atomic E-state index is -0.237. The lowest BCUT2D eigenvalue weighted by atomic mass is 10.1. The summed E-state index contributed by atoms with van der Waals surface area (Å²) in [7, 11) is 0. The maximum Gasteiger partial charge on any atom is 0.248 e. The van der Waals surface area contributed by atoms with Crippen LogP contribution in [0.4, 0.5) is 5.69 Å². The van der Waals surface area contributed by atoms with E-state index in [9.17, 15) is 4.79 Å². The van der Waals surface area contributed by atoms with Gasteiger partial charge in [-0.2, -0.15) is 0 Å². The van der Waals surface area contributed by atoms with Gasteiger partial charge in [0.15, 0.2) is 0 Å². The predicted octanol–water partition coefficient (Wildman–Crippen LogP) is 2.36. The second kappa shape index (κ2) is 4.44. The Hall–Kier alpha value is -1.06. The largest absolute Gasteiger partial charge is 0.311 e. The number of hydrogen-bond donors (Lipinski definition) is 1. The number of rotatable bonds is 3. The molecule has 2 rings (SSSR count). The average Bonchev–Trinajstić information content (AvgIpc) is 2.52. The first-order valence-electron chi connectivity index (χ1n) is 5.53. The minimum Gasteiger partial charge on any atom is -0.311 e. The van der Waals surface area contributed by atoms with E-state index in [1.807, 2.05) is 32.0 Å². The van der Waals surface area contributed by atoms with Gasteiger partial charge in [-0.05, 0) is 31.7 Å². The van der Waals surface area contributed by atoms with E-state index < -0.39 is 0 Å². The van der Waals surface area contributed by atoms with E-state index in [2.05, 4.69) is 5.32 Å². The fourth-order valence-corrected chi connectivity index (χ4v) is 2.32. The van der Waals surface area contributed by atoms with E-state index in [0.717, 1.165) is 17.8 Å². The van der Waals surface area contributed by atoms with Crippen molar-refractivity contribution in [1.29, 1.82) is 0 Å². The summed E-state index contributed by atoms with van der Waals surface area (Å²) in [6, 6.07) is 5.37. The molecule has 1 aliphatic heterocycles. The van der Waals surface area contributed by atoms with Gasteiger partial charge in [-0.1, -0.05) is 18.5 Å². The van der Waals surface area contributed by atoms with Gasteiger partial charge in [0.25, 0.3) is 0 Å². The maximum absolute atomic E-state index is 12.1. The zero-order valence-electron chi connectivity index (χ0n) is 9.46. The van der Waals surface area contributed by atoms with Crippen LogP contribution in [0, 0.1) is 0 Å². The number of carbonyl (C=O) groups excluding carboxylic acids is 1. The Labute approximate surface area is 100 Å². The lowest BCUT2D eigenvalue weighted by Crippen LogP contribution is -2.34. The van der Waals surface area contributed by atoms with E-state index in [1.54, 1.807) is 4.90 Å². The van der Waals surface area contributed by atoms with Crippen LogP contribution in [0.25, 0.3) is 0 Å². The molecule has 1 heterocycles. The summed E-state index contributed by atoms with van der Waals surface area (Å²) in [4.78, 5) is 13.9. The molecule has 0 saturated heterocycles. The Kier molecular flexibility index (Phi) is 3.17. The highest BCUT2D eigenvalue weighted by Gasteiger charge is 2.35. The molecule has 4 heteroatoms. The molecular weight excluding hydrogens is 224 g/mol. The van der Waals surface area contributed by atoms with Crippen LogP contribution >= 0.6 is 11.6 Å². The van der Waals surface area contributed by atoms with E-state index in [-0.39, 0.29) is 11.9 Å². The Morgan fingerprint density at radius 2 is 2.19 bits per heavy atom. The van der Waals surface area contributed by atoms with Crippen LogP contribution in [0.5, 0.6) is 0 Å². The first kappa shape index (κ1) is 11.4. The maximum atomic E-state index is 12.1. The molecule has 1 amide bonds. The number of halogens is 1. The van der Waals surface area contributed by atoms with Gasteiger partial charge in [0.2, 0.25) is 5.91 Å². The van der Waals surface area contributed by atoms with Gasteiger partial charge in [-0.25, -0.2) is 0 Å². The van der Waals surface area contributed by atoms with Gasteiger partial charge in [0.1, 0.15) is 6.04 Å². The number of fused-ring (bicyclic) bond motifs is 1. The van der Waals surface area contributed by atoms with Crippen LogP contribution in [0.2, 0.25) is 5.02 Å². The summed E-state index contributed by atoms with van der Waals surface area (Å²) in [5.74, 6) is 0.113. The highest BCUT2D eigenvalue weighted by Crippen LogP contribution is 2.37. The van der Waals surface area contributed by atoms with Crippen molar-refractivity contribution in [1.82, 2.24) is 5.32 Å². The van der Waals surface area contributed by atoms with Crippen LogP contribution in [-0.4, -0.2) is 19.0 Å². The Morgan fingerprint density at radius 3 is 2.81 bits per heavy atom. The first-order chi connectivity index (χ1) is 7.69. The number of benzene rings is 1. The predicted molar refractivity (Wildman–Crippen MR) is 65.9 cm³/mol. The van der Waals surface area contributed by atoms with Crippen LogP contribution < -0.4 is 10.2 Å². The monoisotopic (exact) mass is 238 g/mol. The number of hydrogen-bond acceptors (Lipinski definition) is 2. The van der Waals surface area contributed by atoms with E-state index in [1.165, 1.54) is 0 Å². The third-order valence-corrected chi connectivity index (χ3v) is 3.06. The van der Waals surface area contributed by atoms with Crippen LogP contribution in [0.3, 0.4) is 0 Å². The number of likely N-dealkylation sites (N-methyl/N-ethyl adjacent to an activating group) is 2. The molecule has 1 aliphatic rings. The quantitative estimate of drug-likeness (QED) is 0.877.